The maximum Gasteiger partial charge on any atom is 0.233 e. The number of nitrogens with one attached hydrogen (secondary N) is 1. The van der Waals surface area contributed by atoms with Gasteiger partial charge in [0.1, 0.15) is 0 Å². The monoisotopic (exact) mass is 348 g/mol. The Hall–Kier alpha value is -1.53. The summed E-state index contributed by atoms with van der Waals surface area (Å²) in [6.45, 7) is 2.85. The Morgan fingerprint density at radius 1 is 1.25 bits per heavy atom. The molecule has 24 heavy (non-hydrogen) atoms. The molecule has 1 aliphatic carbocycles. The number of amides is 2. The largest absolute Gasteiger partial charge is 0.374 e. The summed E-state index contributed by atoms with van der Waals surface area (Å²) in [5, 5.41) is 2.74. The van der Waals surface area contributed by atoms with Gasteiger partial charge < -0.3 is 15.0 Å². The van der Waals surface area contributed by atoms with Crippen molar-refractivity contribution in [3.63, 3.8) is 0 Å². The van der Waals surface area contributed by atoms with Gasteiger partial charge in [-0.25, -0.2) is 0 Å². The van der Waals surface area contributed by atoms with E-state index < -0.39 is 0 Å². The SMILES string of the molecule is CC(=O)Nc1ccc(SCC(=O)N2CCO[C@H]3CCCC[C@@H]32)cc1. The highest BCUT2D eigenvalue weighted by Crippen LogP contribution is 2.29. The zero-order valence-corrected chi connectivity index (χ0v) is 14.8. The Labute approximate surface area is 147 Å². The highest BCUT2D eigenvalue weighted by Gasteiger charge is 2.36. The van der Waals surface area contributed by atoms with Crippen LogP contribution in [0, 0.1) is 0 Å². The number of rotatable bonds is 4. The average molecular weight is 348 g/mol. The van der Waals surface area contributed by atoms with Gasteiger partial charge in [0, 0.05) is 24.1 Å². The molecule has 1 aromatic carbocycles. The summed E-state index contributed by atoms with van der Waals surface area (Å²) in [5.41, 5.74) is 0.774. The molecule has 2 atom stereocenters. The molecular formula is C18H24N2O3S. The number of thioether (sulfide) groups is 1. The van der Waals surface area contributed by atoms with Crippen LogP contribution in [0.4, 0.5) is 5.69 Å². The average Bonchev–Trinajstić information content (AvgIpc) is 2.60. The van der Waals surface area contributed by atoms with Crippen LogP contribution in [0.1, 0.15) is 32.6 Å². The number of carbonyl (C=O) groups is 2. The van der Waals surface area contributed by atoms with Gasteiger partial charge in [-0.2, -0.15) is 0 Å². The van der Waals surface area contributed by atoms with Crippen LogP contribution >= 0.6 is 11.8 Å². The van der Waals surface area contributed by atoms with E-state index >= 15 is 0 Å². The molecule has 0 bridgehead atoms. The molecule has 5 nitrogen and oxygen atoms in total. The molecule has 2 amide bonds. The van der Waals surface area contributed by atoms with Crippen molar-refractivity contribution >= 4 is 29.3 Å². The minimum absolute atomic E-state index is 0.0834. The molecule has 2 aliphatic rings. The molecule has 0 aromatic heterocycles. The van der Waals surface area contributed by atoms with Crippen molar-refractivity contribution in [1.82, 2.24) is 4.90 Å². The van der Waals surface area contributed by atoms with E-state index in [4.69, 9.17) is 4.74 Å². The van der Waals surface area contributed by atoms with E-state index in [1.54, 1.807) is 11.8 Å². The quantitative estimate of drug-likeness (QED) is 0.850. The third kappa shape index (κ3) is 4.30. The predicted molar refractivity (Wildman–Crippen MR) is 95.2 cm³/mol. The Morgan fingerprint density at radius 2 is 2.00 bits per heavy atom. The van der Waals surface area contributed by atoms with Crippen LogP contribution in [0.5, 0.6) is 0 Å². The van der Waals surface area contributed by atoms with Gasteiger partial charge in [-0.05, 0) is 37.1 Å². The second-order valence-electron chi connectivity index (χ2n) is 6.34. The van der Waals surface area contributed by atoms with Gasteiger partial charge in [-0.15, -0.1) is 11.8 Å². The third-order valence-electron chi connectivity index (χ3n) is 4.59. The zero-order chi connectivity index (χ0) is 16.9. The molecule has 0 unspecified atom stereocenters. The van der Waals surface area contributed by atoms with Crippen LogP contribution in [0.2, 0.25) is 0 Å². The van der Waals surface area contributed by atoms with Crippen molar-refractivity contribution in [2.75, 3.05) is 24.2 Å². The summed E-state index contributed by atoms with van der Waals surface area (Å²) in [7, 11) is 0. The molecular weight excluding hydrogens is 324 g/mol. The lowest BCUT2D eigenvalue weighted by atomic mass is 9.90. The third-order valence-corrected chi connectivity index (χ3v) is 5.59. The predicted octanol–water partition coefficient (Wildman–Crippen LogP) is 2.91. The number of hydrogen-bond donors (Lipinski definition) is 1. The number of nitrogens with zero attached hydrogens (tertiary/aromatic N) is 1. The van der Waals surface area contributed by atoms with Crippen LogP contribution < -0.4 is 5.32 Å². The van der Waals surface area contributed by atoms with E-state index in [1.807, 2.05) is 29.2 Å². The highest BCUT2D eigenvalue weighted by atomic mass is 32.2. The van der Waals surface area contributed by atoms with Crippen molar-refractivity contribution in [1.29, 1.82) is 0 Å². The van der Waals surface area contributed by atoms with Crippen LogP contribution in [0.15, 0.2) is 29.2 Å². The van der Waals surface area contributed by atoms with Gasteiger partial charge in [0.2, 0.25) is 11.8 Å². The zero-order valence-electron chi connectivity index (χ0n) is 14.0. The second-order valence-corrected chi connectivity index (χ2v) is 7.39. The maximum absolute atomic E-state index is 12.6. The molecule has 1 aliphatic heterocycles. The topological polar surface area (TPSA) is 58.6 Å². The number of hydrogen-bond acceptors (Lipinski definition) is 4. The normalized spacial score (nSPS) is 23.5. The van der Waals surface area contributed by atoms with Gasteiger partial charge in [-0.1, -0.05) is 12.8 Å². The summed E-state index contributed by atoms with van der Waals surface area (Å²) in [6.07, 6.45) is 4.77. The first-order valence-corrected chi connectivity index (χ1v) is 9.53. The first-order valence-electron chi connectivity index (χ1n) is 8.55. The van der Waals surface area contributed by atoms with Crippen LogP contribution in [-0.4, -0.2) is 47.8 Å². The van der Waals surface area contributed by atoms with E-state index in [2.05, 4.69) is 5.32 Å². The second kappa shape index (κ2) is 8.03. The fourth-order valence-electron chi connectivity index (χ4n) is 3.47. The molecule has 6 heteroatoms. The van der Waals surface area contributed by atoms with Gasteiger partial charge in [0.05, 0.1) is 24.5 Å². The summed E-state index contributed by atoms with van der Waals surface area (Å²) >= 11 is 1.54. The van der Waals surface area contributed by atoms with Crippen molar-refractivity contribution < 1.29 is 14.3 Å². The van der Waals surface area contributed by atoms with E-state index in [0.717, 1.165) is 23.4 Å². The van der Waals surface area contributed by atoms with E-state index in [0.29, 0.717) is 18.9 Å². The van der Waals surface area contributed by atoms with E-state index in [-0.39, 0.29) is 24.0 Å². The minimum atomic E-state index is -0.0834. The first kappa shape index (κ1) is 17.3. The van der Waals surface area contributed by atoms with Crippen LogP contribution in [-0.2, 0) is 14.3 Å². The summed E-state index contributed by atoms with van der Waals surface area (Å²) < 4.78 is 5.83. The Morgan fingerprint density at radius 3 is 2.75 bits per heavy atom. The lowest BCUT2D eigenvalue weighted by Crippen LogP contribution is -2.55. The Kier molecular flexibility index (Phi) is 5.79. The first-order chi connectivity index (χ1) is 11.6. The number of ether oxygens (including phenoxy) is 1. The molecule has 130 valence electrons. The molecule has 1 N–H and O–H groups in total. The van der Waals surface area contributed by atoms with E-state index in [1.165, 1.54) is 19.8 Å². The van der Waals surface area contributed by atoms with Crippen molar-refractivity contribution in [3.05, 3.63) is 24.3 Å². The lowest BCUT2D eigenvalue weighted by Gasteiger charge is -2.43. The summed E-state index contributed by atoms with van der Waals surface area (Å²) in [5.74, 6) is 0.564. The Balaban J connectivity index is 1.54. The Bertz CT molecular complexity index is 588. The van der Waals surface area contributed by atoms with Crippen molar-refractivity contribution in [2.24, 2.45) is 0 Å². The number of anilines is 1. The molecule has 0 spiro atoms. The number of morpholine rings is 1. The lowest BCUT2D eigenvalue weighted by molar-refractivity contribution is -0.146. The van der Waals surface area contributed by atoms with Crippen LogP contribution in [0.3, 0.4) is 0 Å². The number of carbonyl (C=O) groups excluding carboxylic acids is 2. The molecule has 1 heterocycles. The minimum Gasteiger partial charge on any atom is -0.374 e. The molecule has 1 saturated heterocycles. The molecule has 1 saturated carbocycles. The highest BCUT2D eigenvalue weighted by molar-refractivity contribution is 8.00. The van der Waals surface area contributed by atoms with Crippen molar-refractivity contribution in [2.45, 2.75) is 49.6 Å². The summed E-state index contributed by atoms with van der Waals surface area (Å²) in [4.78, 5) is 26.7. The van der Waals surface area contributed by atoms with Gasteiger partial charge in [-0.3, -0.25) is 9.59 Å². The van der Waals surface area contributed by atoms with Crippen molar-refractivity contribution in [3.8, 4) is 0 Å². The molecule has 1 aromatic rings. The van der Waals surface area contributed by atoms with Gasteiger partial charge in [0.15, 0.2) is 0 Å². The summed E-state index contributed by atoms with van der Waals surface area (Å²) in [6, 6.07) is 7.86. The molecule has 0 radical (unpaired) electrons. The maximum atomic E-state index is 12.6. The standard InChI is InChI=1S/C18H24N2O3S/c1-13(21)19-14-6-8-15(9-7-14)24-12-18(22)20-10-11-23-17-5-3-2-4-16(17)20/h6-9,16-17H,2-5,10-12H2,1H3,(H,19,21)/t16-,17-/m0/s1. The van der Waals surface area contributed by atoms with E-state index in [9.17, 15) is 9.59 Å². The number of benzene rings is 1. The molecule has 2 fully saturated rings. The van der Waals surface area contributed by atoms with Crippen LogP contribution in [0.25, 0.3) is 0 Å². The smallest absolute Gasteiger partial charge is 0.233 e. The fraction of sp³-hybridized carbons (Fsp3) is 0.556. The van der Waals surface area contributed by atoms with Gasteiger partial charge >= 0.3 is 0 Å². The molecule has 3 rings (SSSR count). The number of fused-ring (bicyclic) bond motifs is 1. The fourth-order valence-corrected chi connectivity index (χ4v) is 4.26. The van der Waals surface area contributed by atoms with Gasteiger partial charge in [0.25, 0.3) is 0 Å².